The molecule has 0 spiro atoms. The largest absolute Gasteiger partial charge is 0.493 e. The highest BCUT2D eigenvalue weighted by Crippen LogP contribution is 2.39. The monoisotopic (exact) mass is 426 g/mol. The van der Waals surface area contributed by atoms with Gasteiger partial charge in [-0.25, -0.2) is 0 Å². The van der Waals surface area contributed by atoms with Gasteiger partial charge in [-0.05, 0) is 50.1 Å². The first-order valence-electron chi connectivity index (χ1n) is 10.1. The number of ether oxygens (including phenoxy) is 2. The second-order valence-corrected chi connectivity index (χ2v) is 7.33. The fourth-order valence-electron chi connectivity index (χ4n) is 3.76. The van der Waals surface area contributed by atoms with Crippen LogP contribution in [0, 0.1) is 0 Å². The van der Waals surface area contributed by atoms with Crippen LogP contribution in [0.2, 0.25) is 0 Å². The Morgan fingerprint density at radius 1 is 1.16 bits per heavy atom. The summed E-state index contributed by atoms with van der Waals surface area (Å²) in [6, 6.07) is 9.18. The minimum atomic E-state index is -0.776. The summed E-state index contributed by atoms with van der Waals surface area (Å²) >= 11 is 0. The van der Waals surface area contributed by atoms with Crippen LogP contribution in [-0.2, 0) is 4.79 Å². The number of imide groups is 1. The lowest BCUT2D eigenvalue weighted by Crippen LogP contribution is -2.35. The molecule has 0 aromatic heterocycles. The Morgan fingerprint density at radius 3 is 2.52 bits per heavy atom. The van der Waals surface area contributed by atoms with Crippen molar-refractivity contribution in [3.8, 4) is 11.5 Å². The molecule has 2 N–H and O–H groups in total. The van der Waals surface area contributed by atoms with E-state index in [1.807, 2.05) is 6.92 Å². The Labute approximate surface area is 180 Å². The van der Waals surface area contributed by atoms with Crippen molar-refractivity contribution in [3.63, 3.8) is 0 Å². The number of hydrogen-bond donors (Lipinski definition) is 2. The number of aliphatic hydroxyl groups is 1. The number of carbonyl (C=O) groups is 3. The average Bonchev–Trinajstić information content (AvgIpc) is 2.97. The van der Waals surface area contributed by atoms with Crippen LogP contribution in [0.1, 0.15) is 59.5 Å². The van der Waals surface area contributed by atoms with Crippen LogP contribution < -0.4 is 14.8 Å². The summed E-state index contributed by atoms with van der Waals surface area (Å²) in [5.41, 5.74) is 1.27. The predicted molar refractivity (Wildman–Crippen MR) is 114 cm³/mol. The van der Waals surface area contributed by atoms with E-state index >= 15 is 0 Å². The number of amides is 3. The van der Waals surface area contributed by atoms with Gasteiger partial charge < -0.3 is 19.9 Å². The Hall–Kier alpha value is -3.39. The first-order chi connectivity index (χ1) is 14.8. The molecule has 0 saturated carbocycles. The Morgan fingerprint density at radius 2 is 1.90 bits per heavy atom. The number of anilines is 1. The summed E-state index contributed by atoms with van der Waals surface area (Å²) < 4.78 is 11.0. The van der Waals surface area contributed by atoms with Crippen molar-refractivity contribution in [2.75, 3.05) is 19.0 Å². The number of rotatable bonds is 8. The van der Waals surface area contributed by atoms with Gasteiger partial charge in [0, 0.05) is 6.92 Å². The van der Waals surface area contributed by atoms with Crippen LogP contribution in [0.25, 0.3) is 0 Å². The summed E-state index contributed by atoms with van der Waals surface area (Å²) in [6.45, 7) is 5.18. The number of methoxy groups -OCH3 is 1. The number of aliphatic hydroxyl groups excluding tert-OH is 1. The fraction of sp³-hybridized carbons (Fsp3) is 0.348. The van der Waals surface area contributed by atoms with E-state index in [2.05, 4.69) is 5.32 Å². The third kappa shape index (κ3) is 4.39. The zero-order valence-corrected chi connectivity index (χ0v) is 18.0. The van der Waals surface area contributed by atoms with Crippen molar-refractivity contribution < 1.29 is 29.0 Å². The molecule has 0 aliphatic carbocycles. The molecule has 3 amide bonds. The third-order valence-electron chi connectivity index (χ3n) is 5.01. The average molecular weight is 426 g/mol. The van der Waals surface area contributed by atoms with Crippen molar-refractivity contribution in [2.45, 2.75) is 39.3 Å². The van der Waals surface area contributed by atoms with E-state index in [0.29, 0.717) is 23.7 Å². The second-order valence-electron chi connectivity index (χ2n) is 7.33. The van der Waals surface area contributed by atoms with Crippen LogP contribution in [-0.4, -0.2) is 47.5 Å². The lowest BCUT2D eigenvalue weighted by Gasteiger charge is -2.28. The maximum atomic E-state index is 13.4. The van der Waals surface area contributed by atoms with E-state index in [9.17, 15) is 19.5 Å². The third-order valence-corrected chi connectivity index (χ3v) is 5.01. The number of nitrogens with zero attached hydrogens (tertiary/aromatic N) is 1. The molecular weight excluding hydrogens is 400 g/mol. The van der Waals surface area contributed by atoms with Crippen molar-refractivity contribution in [1.29, 1.82) is 0 Å². The molecule has 1 heterocycles. The van der Waals surface area contributed by atoms with Gasteiger partial charge in [0.15, 0.2) is 11.5 Å². The smallest absolute Gasteiger partial charge is 0.264 e. The molecule has 2 aromatic rings. The normalized spacial score (nSPS) is 14.8. The van der Waals surface area contributed by atoms with E-state index in [0.717, 1.165) is 4.90 Å². The molecule has 2 atom stereocenters. The highest BCUT2D eigenvalue weighted by Gasteiger charge is 2.42. The fourth-order valence-corrected chi connectivity index (χ4v) is 3.76. The molecule has 0 bridgehead atoms. The predicted octanol–water partition coefficient (Wildman–Crippen LogP) is 3.16. The van der Waals surface area contributed by atoms with Crippen molar-refractivity contribution in [3.05, 3.63) is 53.1 Å². The molecule has 2 unspecified atom stereocenters. The topological polar surface area (TPSA) is 105 Å². The molecule has 164 valence electrons. The molecule has 1 aliphatic rings. The van der Waals surface area contributed by atoms with E-state index in [1.165, 1.54) is 14.0 Å². The quantitative estimate of drug-likeness (QED) is 0.628. The van der Waals surface area contributed by atoms with Gasteiger partial charge in [0.25, 0.3) is 11.8 Å². The zero-order chi connectivity index (χ0) is 22.7. The van der Waals surface area contributed by atoms with Gasteiger partial charge in [0.2, 0.25) is 5.91 Å². The van der Waals surface area contributed by atoms with Gasteiger partial charge in [-0.15, -0.1) is 0 Å². The SMILES string of the molecule is CCOc1cc(C(CC(C)O)N2C(=O)c3cccc(NC(C)=O)c3C2=O)ccc1OC. The van der Waals surface area contributed by atoms with Gasteiger partial charge in [0.1, 0.15) is 0 Å². The summed E-state index contributed by atoms with van der Waals surface area (Å²) in [5.74, 6) is -0.343. The van der Waals surface area contributed by atoms with Gasteiger partial charge in [0.05, 0.1) is 42.7 Å². The first kappa shape index (κ1) is 22.3. The number of hydrogen-bond acceptors (Lipinski definition) is 6. The van der Waals surface area contributed by atoms with E-state index < -0.39 is 24.0 Å². The van der Waals surface area contributed by atoms with Gasteiger partial charge in [-0.1, -0.05) is 12.1 Å². The Balaban J connectivity index is 2.08. The van der Waals surface area contributed by atoms with Crippen molar-refractivity contribution in [1.82, 2.24) is 4.90 Å². The summed E-state index contributed by atoms with van der Waals surface area (Å²) in [5, 5.41) is 12.7. The zero-order valence-electron chi connectivity index (χ0n) is 18.0. The Kier molecular flexibility index (Phi) is 6.60. The Bertz CT molecular complexity index is 1020. The summed E-state index contributed by atoms with van der Waals surface area (Å²) in [4.78, 5) is 39.3. The maximum absolute atomic E-state index is 13.4. The van der Waals surface area contributed by atoms with E-state index in [1.54, 1.807) is 43.3 Å². The molecule has 1 aliphatic heterocycles. The van der Waals surface area contributed by atoms with Gasteiger partial charge in [-0.2, -0.15) is 0 Å². The summed E-state index contributed by atoms with van der Waals surface area (Å²) in [6.07, 6.45) is -0.638. The molecular formula is C23H26N2O6. The van der Waals surface area contributed by atoms with Crippen LogP contribution in [0.5, 0.6) is 11.5 Å². The van der Waals surface area contributed by atoms with Crippen LogP contribution in [0.15, 0.2) is 36.4 Å². The van der Waals surface area contributed by atoms with Crippen LogP contribution in [0.3, 0.4) is 0 Å². The molecule has 31 heavy (non-hydrogen) atoms. The standard InChI is InChI=1S/C23H26N2O6/c1-5-31-20-12-15(9-10-19(20)30-4)18(11-13(2)26)25-22(28)16-7-6-8-17(24-14(3)27)21(16)23(25)29/h6-10,12-13,18,26H,5,11H2,1-4H3,(H,24,27). The molecule has 2 aromatic carbocycles. The summed E-state index contributed by atoms with van der Waals surface area (Å²) in [7, 11) is 1.53. The van der Waals surface area contributed by atoms with Crippen molar-refractivity contribution >= 4 is 23.4 Å². The van der Waals surface area contributed by atoms with Crippen LogP contribution in [0.4, 0.5) is 5.69 Å². The van der Waals surface area contributed by atoms with Gasteiger partial charge >= 0.3 is 0 Å². The lowest BCUT2D eigenvalue weighted by molar-refractivity contribution is -0.114. The lowest BCUT2D eigenvalue weighted by atomic mass is 9.98. The van der Waals surface area contributed by atoms with Crippen LogP contribution >= 0.6 is 0 Å². The molecule has 0 radical (unpaired) electrons. The molecule has 0 saturated heterocycles. The number of fused-ring (bicyclic) bond motifs is 1. The second kappa shape index (κ2) is 9.18. The minimum absolute atomic E-state index is 0.138. The van der Waals surface area contributed by atoms with Gasteiger partial charge in [-0.3, -0.25) is 19.3 Å². The maximum Gasteiger partial charge on any atom is 0.264 e. The van der Waals surface area contributed by atoms with Crippen molar-refractivity contribution in [2.24, 2.45) is 0 Å². The number of benzene rings is 2. The molecule has 3 rings (SSSR count). The van der Waals surface area contributed by atoms with E-state index in [-0.39, 0.29) is 29.1 Å². The number of nitrogens with one attached hydrogen (secondary N) is 1. The van der Waals surface area contributed by atoms with E-state index in [4.69, 9.17) is 9.47 Å². The molecule has 0 fully saturated rings. The highest BCUT2D eigenvalue weighted by atomic mass is 16.5. The molecule has 8 heteroatoms. The minimum Gasteiger partial charge on any atom is -0.493 e. The molecule has 8 nitrogen and oxygen atoms in total. The first-order valence-corrected chi connectivity index (χ1v) is 10.1. The number of carbonyl (C=O) groups excluding carboxylic acids is 3. The highest BCUT2D eigenvalue weighted by molar-refractivity contribution is 6.24.